The van der Waals surface area contributed by atoms with Gasteiger partial charge in [0.2, 0.25) is 0 Å². The standard InChI is InChI=1S/C26H20FN9/c27-16-4-1-14(2-5-16)18-7-8-30-25-23(18)32-26(33-25)24-19-9-15(3-6-20(19)34-35-24)21-10-29-11-22(31-21)36-12-17(28)13-36/h1-11,17H,12-13,28H2,(H,34,35)(H,30,32,33). The molecule has 0 saturated carbocycles. The van der Waals surface area contributed by atoms with Crippen molar-refractivity contribution in [2.24, 2.45) is 5.73 Å². The number of aromatic nitrogens is 7. The highest BCUT2D eigenvalue weighted by atomic mass is 19.1. The lowest BCUT2D eigenvalue weighted by Gasteiger charge is -2.37. The highest BCUT2D eigenvalue weighted by Crippen LogP contribution is 2.32. The van der Waals surface area contributed by atoms with E-state index in [1.165, 1.54) is 12.1 Å². The van der Waals surface area contributed by atoms with Gasteiger partial charge in [0.1, 0.15) is 22.8 Å². The number of halogens is 1. The van der Waals surface area contributed by atoms with Crippen LogP contribution in [0, 0.1) is 5.82 Å². The van der Waals surface area contributed by atoms with Crippen LogP contribution in [0.2, 0.25) is 0 Å². The second-order valence-electron chi connectivity index (χ2n) is 8.91. The molecule has 1 fully saturated rings. The smallest absolute Gasteiger partial charge is 0.160 e. The average Bonchev–Trinajstić information content (AvgIpc) is 3.51. The zero-order valence-corrected chi connectivity index (χ0v) is 19.0. The Morgan fingerprint density at radius 3 is 2.64 bits per heavy atom. The molecule has 0 aliphatic carbocycles. The number of imidazole rings is 1. The van der Waals surface area contributed by atoms with Gasteiger partial charge in [-0.05, 0) is 35.9 Å². The number of pyridine rings is 1. The van der Waals surface area contributed by atoms with E-state index in [1.807, 2.05) is 24.3 Å². The molecule has 10 heteroatoms. The van der Waals surface area contributed by atoms with E-state index in [-0.39, 0.29) is 11.9 Å². The molecule has 0 unspecified atom stereocenters. The Labute approximate surface area is 204 Å². The molecule has 176 valence electrons. The largest absolute Gasteiger partial charge is 0.352 e. The van der Waals surface area contributed by atoms with E-state index in [9.17, 15) is 4.39 Å². The maximum absolute atomic E-state index is 13.4. The van der Waals surface area contributed by atoms with Crippen LogP contribution in [0.5, 0.6) is 0 Å². The minimum absolute atomic E-state index is 0.183. The number of hydrogen-bond acceptors (Lipinski definition) is 7. The van der Waals surface area contributed by atoms with E-state index in [4.69, 9.17) is 15.7 Å². The Balaban J connectivity index is 1.30. The first kappa shape index (κ1) is 20.7. The van der Waals surface area contributed by atoms with Gasteiger partial charge in [-0.25, -0.2) is 19.3 Å². The lowest BCUT2D eigenvalue weighted by Crippen LogP contribution is -2.56. The summed E-state index contributed by atoms with van der Waals surface area (Å²) < 4.78 is 13.4. The van der Waals surface area contributed by atoms with Crippen LogP contribution in [-0.4, -0.2) is 54.2 Å². The van der Waals surface area contributed by atoms with Crippen molar-refractivity contribution in [3.63, 3.8) is 0 Å². The summed E-state index contributed by atoms with van der Waals surface area (Å²) in [7, 11) is 0. The molecule has 0 radical (unpaired) electrons. The predicted molar refractivity (Wildman–Crippen MR) is 136 cm³/mol. The predicted octanol–water partition coefficient (Wildman–Crippen LogP) is 3.91. The summed E-state index contributed by atoms with van der Waals surface area (Å²) in [6.07, 6.45) is 5.22. The molecule has 7 rings (SSSR count). The molecule has 0 spiro atoms. The molecule has 1 aliphatic rings. The van der Waals surface area contributed by atoms with Crippen LogP contribution in [0.1, 0.15) is 0 Å². The third kappa shape index (κ3) is 3.38. The number of nitrogens with zero attached hydrogens (tertiary/aromatic N) is 6. The number of rotatable bonds is 4. The highest BCUT2D eigenvalue weighted by Gasteiger charge is 2.25. The fraction of sp³-hybridized carbons (Fsp3) is 0.115. The number of nitrogens with two attached hydrogens (primary N) is 1. The van der Waals surface area contributed by atoms with E-state index in [2.05, 4.69) is 30.0 Å². The van der Waals surface area contributed by atoms with Crippen LogP contribution < -0.4 is 10.6 Å². The lowest BCUT2D eigenvalue weighted by molar-refractivity contribution is 0.514. The normalized spacial score (nSPS) is 14.0. The molecule has 0 bridgehead atoms. The first-order chi connectivity index (χ1) is 17.6. The second-order valence-corrected chi connectivity index (χ2v) is 8.91. The van der Waals surface area contributed by atoms with Gasteiger partial charge in [-0.3, -0.25) is 10.1 Å². The van der Waals surface area contributed by atoms with Gasteiger partial charge in [0.25, 0.3) is 0 Å². The van der Waals surface area contributed by atoms with Gasteiger partial charge in [0, 0.05) is 41.8 Å². The Kier molecular flexibility index (Phi) is 4.55. The van der Waals surface area contributed by atoms with Gasteiger partial charge < -0.3 is 15.6 Å². The van der Waals surface area contributed by atoms with Gasteiger partial charge in [-0.15, -0.1) is 0 Å². The molecule has 6 aromatic rings. The van der Waals surface area contributed by atoms with Crippen LogP contribution >= 0.6 is 0 Å². The fourth-order valence-electron chi connectivity index (χ4n) is 4.59. The number of fused-ring (bicyclic) bond motifs is 2. The monoisotopic (exact) mass is 477 g/mol. The maximum Gasteiger partial charge on any atom is 0.160 e. The Morgan fingerprint density at radius 1 is 0.972 bits per heavy atom. The Morgan fingerprint density at radius 2 is 1.81 bits per heavy atom. The van der Waals surface area contributed by atoms with E-state index >= 15 is 0 Å². The van der Waals surface area contributed by atoms with Gasteiger partial charge >= 0.3 is 0 Å². The zero-order valence-electron chi connectivity index (χ0n) is 19.0. The summed E-state index contributed by atoms with van der Waals surface area (Å²) in [5.74, 6) is 1.12. The van der Waals surface area contributed by atoms with E-state index in [0.717, 1.165) is 52.2 Å². The van der Waals surface area contributed by atoms with Crippen molar-refractivity contribution in [2.75, 3.05) is 18.0 Å². The Bertz CT molecular complexity index is 1730. The number of benzene rings is 2. The zero-order chi connectivity index (χ0) is 24.2. The number of aromatic amines is 2. The number of nitrogens with one attached hydrogen (secondary N) is 2. The van der Waals surface area contributed by atoms with Crippen LogP contribution in [0.3, 0.4) is 0 Å². The molecule has 4 N–H and O–H groups in total. The molecular formula is C26H20FN9. The highest BCUT2D eigenvalue weighted by molar-refractivity contribution is 5.97. The van der Waals surface area contributed by atoms with Crippen molar-refractivity contribution in [3.8, 4) is 33.9 Å². The van der Waals surface area contributed by atoms with Gasteiger partial charge in [0.05, 0.1) is 23.6 Å². The van der Waals surface area contributed by atoms with Crippen LogP contribution in [0.4, 0.5) is 10.2 Å². The molecule has 0 atom stereocenters. The van der Waals surface area contributed by atoms with E-state index in [0.29, 0.717) is 22.7 Å². The van der Waals surface area contributed by atoms with Crippen molar-refractivity contribution in [3.05, 3.63) is 72.9 Å². The molecule has 0 amide bonds. The Hall–Kier alpha value is -4.70. The average molecular weight is 478 g/mol. The summed E-state index contributed by atoms with van der Waals surface area (Å²) in [4.78, 5) is 23.9. The first-order valence-electron chi connectivity index (χ1n) is 11.5. The quantitative estimate of drug-likeness (QED) is 0.351. The fourth-order valence-corrected chi connectivity index (χ4v) is 4.59. The molecule has 1 saturated heterocycles. The third-order valence-electron chi connectivity index (χ3n) is 6.48. The summed E-state index contributed by atoms with van der Waals surface area (Å²) in [5, 5.41) is 8.51. The van der Waals surface area contributed by atoms with Crippen molar-refractivity contribution < 1.29 is 4.39 Å². The van der Waals surface area contributed by atoms with Crippen LogP contribution in [-0.2, 0) is 0 Å². The molecule has 36 heavy (non-hydrogen) atoms. The van der Waals surface area contributed by atoms with Crippen molar-refractivity contribution in [2.45, 2.75) is 6.04 Å². The maximum atomic E-state index is 13.4. The minimum Gasteiger partial charge on any atom is -0.352 e. The summed E-state index contributed by atoms with van der Waals surface area (Å²) >= 11 is 0. The summed E-state index contributed by atoms with van der Waals surface area (Å²) in [6, 6.07) is 14.4. The van der Waals surface area contributed by atoms with Crippen LogP contribution in [0.15, 0.2) is 67.1 Å². The summed E-state index contributed by atoms with van der Waals surface area (Å²) in [5.41, 5.74) is 12.2. The van der Waals surface area contributed by atoms with Gasteiger partial charge in [0.15, 0.2) is 11.5 Å². The van der Waals surface area contributed by atoms with E-state index < -0.39 is 0 Å². The van der Waals surface area contributed by atoms with Gasteiger partial charge in [-0.1, -0.05) is 18.2 Å². The SMILES string of the molecule is NC1CN(c2cncc(-c3ccc4[nH]nc(-c5nc6c(-c7ccc(F)cc7)ccnc6[nH]5)c4c3)n2)C1. The topological polar surface area (TPSA) is 125 Å². The van der Waals surface area contributed by atoms with Gasteiger partial charge in [-0.2, -0.15) is 5.10 Å². The van der Waals surface area contributed by atoms with Crippen molar-refractivity contribution >= 4 is 27.9 Å². The molecule has 2 aromatic carbocycles. The first-order valence-corrected chi connectivity index (χ1v) is 11.5. The molecule has 4 aromatic heterocycles. The molecule has 5 heterocycles. The number of anilines is 1. The van der Waals surface area contributed by atoms with Crippen molar-refractivity contribution in [1.29, 1.82) is 0 Å². The molecule has 9 nitrogen and oxygen atoms in total. The third-order valence-corrected chi connectivity index (χ3v) is 6.48. The number of H-pyrrole nitrogens is 2. The van der Waals surface area contributed by atoms with Crippen LogP contribution in [0.25, 0.3) is 56.0 Å². The van der Waals surface area contributed by atoms with E-state index in [1.54, 1.807) is 30.7 Å². The molecular weight excluding hydrogens is 457 g/mol. The lowest BCUT2D eigenvalue weighted by atomic mass is 10.1. The van der Waals surface area contributed by atoms with Crippen molar-refractivity contribution in [1.82, 2.24) is 35.1 Å². The number of hydrogen-bond donors (Lipinski definition) is 3. The second kappa shape index (κ2) is 7.92. The summed E-state index contributed by atoms with van der Waals surface area (Å²) in [6.45, 7) is 1.56. The minimum atomic E-state index is -0.283. The molecule has 1 aliphatic heterocycles.